The highest BCUT2D eigenvalue weighted by atomic mass is 15.3. The quantitative estimate of drug-likeness (QED) is 0.855. The van der Waals surface area contributed by atoms with Gasteiger partial charge >= 0.3 is 0 Å². The van der Waals surface area contributed by atoms with Crippen molar-refractivity contribution in [3.63, 3.8) is 0 Å². The first-order valence-electron chi connectivity index (χ1n) is 6.72. The molecule has 2 fully saturated rings. The number of piperazine rings is 1. The Balaban J connectivity index is 1.69. The SMILES string of the molecule is c1cn2nc(C3CC3)nc2cc1N1CCNCC1. The molecule has 0 atom stereocenters. The molecule has 1 saturated heterocycles. The lowest BCUT2D eigenvalue weighted by Gasteiger charge is -2.29. The maximum absolute atomic E-state index is 4.64. The molecule has 1 aliphatic carbocycles. The predicted octanol–water partition coefficient (Wildman–Crippen LogP) is 1.02. The number of pyridine rings is 1. The van der Waals surface area contributed by atoms with Crippen LogP contribution < -0.4 is 10.2 Å². The topological polar surface area (TPSA) is 45.5 Å². The normalized spacial score (nSPS) is 20.6. The molecule has 2 aromatic rings. The molecule has 2 aliphatic rings. The summed E-state index contributed by atoms with van der Waals surface area (Å²) in [5.74, 6) is 1.64. The van der Waals surface area contributed by atoms with Gasteiger partial charge in [0.15, 0.2) is 11.5 Å². The van der Waals surface area contributed by atoms with E-state index in [1.165, 1.54) is 18.5 Å². The Morgan fingerprint density at radius 1 is 1.22 bits per heavy atom. The molecule has 3 heterocycles. The first kappa shape index (κ1) is 10.3. The van der Waals surface area contributed by atoms with Gasteiger partial charge in [-0.2, -0.15) is 5.10 Å². The van der Waals surface area contributed by atoms with Crippen LogP contribution in [0.2, 0.25) is 0 Å². The number of aromatic nitrogens is 3. The first-order valence-corrected chi connectivity index (χ1v) is 6.72. The number of anilines is 1. The Hall–Kier alpha value is -1.62. The van der Waals surface area contributed by atoms with Crippen molar-refractivity contribution in [2.75, 3.05) is 31.1 Å². The van der Waals surface area contributed by atoms with Crippen LogP contribution in [0.15, 0.2) is 18.3 Å². The number of rotatable bonds is 2. The maximum atomic E-state index is 4.64. The Morgan fingerprint density at radius 3 is 2.83 bits per heavy atom. The number of fused-ring (bicyclic) bond motifs is 1. The van der Waals surface area contributed by atoms with Gasteiger partial charge in [0.2, 0.25) is 0 Å². The second-order valence-corrected chi connectivity index (χ2v) is 5.17. The van der Waals surface area contributed by atoms with Crippen molar-refractivity contribution in [3.8, 4) is 0 Å². The van der Waals surface area contributed by atoms with Crippen LogP contribution in [0.25, 0.3) is 5.65 Å². The van der Waals surface area contributed by atoms with E-state index in [-0.39, 0.29) is 0 Å². The van der Waals surface area contributed by atoms with E-state index in [1.54, 1.807) is 0 Å². The molecule has 5 nitrogen and oxygen atoms in total. The Labute approximate surface area is 106 Å². The molecule has 0 amide bonds. The van der Waals surface area contributed by atoms with Crippen LogP contribution >= 0.6 is 0 Å². The highest BCUT2D eigenvalue weighted by molar-refractivity contribution is 5.56. The molecule has 0 unspecified atom stereocenters. The predicted molar refractivity (Wildman–Crippen MR) is 70.0 cm³/mol. The van der Waals surface area contributed by atoms with Gasteiger partial charge in [-0.1, -0.05) is 0 Å². The number of nitrogens with one attached hydrogen (secondary N) is 1. The zero-order valence-corrected chi connectivity index (χ0v) is 10.3. The molecule has 5 heteroatoms. The Bertz CT molecular complexity index is 566. The van der Waals surface area contributed by atoms with E-state index in [2.05, 4.69) is 32.4 Å². The van der Waals surface area contributed by atoms with Gasteiger partial charge in [0.1, 0.15) is 0 Å². The molecular weight excluding hydrogens is 226 g/mol. The molecule has 4 rings (SSSR count). The van der Waals surface area contributed by atoms with E-state index in [4.69, 9.17) is 0 Å². The minimum atomic E-state index is 0.618. The smallest absolute Gasteiger partial charge is 0.157 e. The molecule has 0 radical (unpaired) electrons. The summed E-state index contributed by atoms with van der Waals surface area (Å²) in [7, 11) is 0. The second kappa shape index (κ2) is 3.95. The summed E-state index contributed by atoms with van der Waals surface area (Å²) in [6, 6.07) is 4.30. The van der Waals surface area contributed by atoms with Crippen LogP contribution in [-0.2, 0) is 0 Å². The second-order valence-electron chi connectivity index (χ2n) is 5.17. The summed E-state index contributed by atoms with van der Waals surface area (Å²) in [6.45, 7) is 4.26. The fourth-order valence-corrected chi connectivity index (χ4v) is 2.52. The lowest BCUT2D eigenvalue weighted by molar-refractivity contribution is 0.589. The minimum Gasteiger partial charge on any atom is -0.369 e. The summed E-state index contributed by atoms with van der Waals surface area (Å²) in [5, 5.41) is 7.91. The summed E-state index contributed by atoms with van der Waals surface area (Å²) in [4.78, 5) is 7.04. The van der Waals surface area contributed by atoms with Crippen molar-refractivity contribution in [2.24, 2.45) is 0 Å². The maximum Gasteiger partial charge on any atom is 0.157 e. The van der Waals surface area contributed by atoms with E-state index in [0.29, 0.717) is 5.92 Å². The molecule has 1 N–H and O–H groups in total. The van der Waals surface area contributed by atoms with Crippen LogP contribution in [0.3, 0.4) is 0 Å². The Morgan fingerprint density at radius 2 is 2.06 bits per heavy atom. The van der Waals surface area contributed by atoms with E-state index in [9.17, 15) is 0 Å². The largest absolute Gasteiger partial charge is 0.369 e. The lowest BCUT2D eigenvalue weighted by atomic mass is 10.3. The molecule has 0 bridgehead atoms. The van der Waals surface area contributed by atoms with Crippen LogP contribution in [0.1, 0.15) is 24.6 Å². The van der Waals surface area contributed by atoms with E-state index >= 15 is 0 Å². The van der Waals surface area contributed by atoms with Gasteiger partial charge < -0.3 is 10.2 Å². The first-order chi connectivity index (χ1) is 8.90. The average molecular weight is 243 g/mol. The highest BCUT2D eigenvalue weighted by Crippen LogP contribution is 2.38. The van der Waals surface area contributed by atoms with Crippen molar-refractivity contribution in [1.29, 1.82) is 0 Å². The summed E-state index contributed by atoms with van der Waals surface area (Å²) < 4.78 is 1.90. The minimum absolute atomic E-state index is 0.618. The van der Waals surface area contributed by atoms with Gasteiger partial charge in [0.05, 0.1) is 0 Å². The molecular formula is C13H17N5. The monoisotopic (exact) mass is 243 g/mol. The number of nitrogens with zero attached hydrogens (tertiary/aromatic N) is 4. The van der Waals surface area contributed by atoms with Crippen LogP contribution in [0.4, 0.5) is 5.69 Å². The number of hydrogen-bond donors (Lipinski definition) is 1. The standard InChI is InChI=1S/C13H17N5/c1-2-10(1)13-15-12-9-11(3-6-18(12)16-13)17-7-4-14-5-8-17/h3,6,9-10,14H,1-2,4-5,7-8H2. The fraction of sp³-hybridized carbons (Fsp3) is 0.538. The lowest BCUT2D eigenvalue weighted by Crippen LogP contribution is -2.43. The molecule has 0 aromatic carbocycles. The van der Waals surface area contributed by atoms with Crippen molar-refractivity contribution in [3.05, 3.63) is 24.2 Å². The van der Waals surface area contributed by atoms with Crippen molar-refractivity contribution in [1.82, 2.24) is 19.9 Å². The zero-order valence-electron chi connectivity index (χ0n) is 10.3. The number of hydrogen-bond acceptors (Lipinski definition) is 4. The van der Waals surface area contributed by atoms with E-state index in [1.807, 2.05) is 10.7 Å². The third-order valence-electron chi connectivity index (χ3n) is 3.76. The summed E-state index contributed by atoms with van der Waals surface area (Å²) >= 11 is 0. The van der Waals surface area contributed by atoms with Gasteiger partial charge in [0.25, 0.3) is 0 Å². The molecule has 94 valence electrons. The van der Waals surface area contributed by atoms with Crippen molar-refractivity contribution >= 4 is 11.3 Å². The van der Waals surface area contributed by atoms with Crippen LogP contribution in [-0.4, -0.2) is 40.8 Å². The zero-order chi connectivity index (χ0) is 11.9. The molecule has 2 aromatic heterocycles. The van der Waals surface area contributed by atoms with Crippen molar-refractivity contribution < 1.29 is 0 Å². The van der Waals surface area contributed by atoms with Gasteiger partial charge in [-0.25, -0.2) is 9.50 Å². The van der Waals surface area contributed by atoms with E-state index < -0.39 is 0 Å². The van der Waals surface area contributed by atoms with Crippen molar-refractivity contribution in [2.45, 2.75) is 18.8 Å². The third kappa shape index (κ3) is 1.75. The van der Waals surface area contributed by atoms with E-state index in [0.717, 1.165) is 37.7 Å². The third-order valence-corrected chi connectivity index (χ3v) is 3.76. The summed E-state index contributed by atoms with van der Waals surface area (Å²) in [5.41, 5.74) is 2.24. The molecule has 18 heavy (non-hydrogen) atoms. The van der Waals surface area contributed by atoms with Crippen LogP contribution in [0.5, 0.6) is 0 Å². The van der Waals surface area contributed by atoms with Gasteiger partial charge in [-0.05, 0) is 18.9 Å². The van der Waals surface area contributed by atoms with Gasteiger partial charge in [0, 0.05) is 50.0 Å². The highest BCUT2D eigenvalue weighted by Gasteiger charge is 2.28. The fourth-order valence-electron chi connectivity index (χ4n) is 2.52. The molecule has 0 spiro atoms. The Kier molecular flexibility index (Phi) is 2.26. The van der Waals surface area contributed by atoms with Gasteiger partial charge in [-0.15, -0.1) is 0 Å². The van der Waals surface area contributed by atoms with Gasteiger partial charge in [-0.3, -0.25) is 0 Å². The van der Waals surface area contributed by atoms with Crippen LogP contribution in [0, 0.1) is 0 Å². The average Bonchev–Trinajstić information content (AvgIpc) is 3.19. The molecule has 1 aliphatic heterocycles. The molecule has 1 saturated carbocycles. The summed E-state index contributed by atoms with van der Waals surface area (Å²) in [6.07, 6.45) is 4.54.